The number of carbonyl (C=O) groups excluding carboxylic acids is 1. The van der Waals surface area contributed by atoms with Crippen molar-refractivity contribution in [3.8, 4) is 0 Å². The number of halogens is 24. The van der Waals surface area contributed by atoms with Crippen molar-refractivity contribution >= 4 is 14.4 Å². The van der Waals surface area contributed by atoms with E-state index in [1.807, 2.05) is 0 Å². The van der Waals surface area contributed by atoms with Gasteiger partial charge in [-0.2, -0.15) is 105 Å². The van der Waals surface area contributed by atoms with Gasteiger partial charge in [-0.05, 0) is 0 Å². The van der Waals surface area contributed by atoms with Crippen LogP contribution < -0.4 is 0 Å². The van der Waals surface area contributed by atoms with Gasteiger partial charge >= 0.3 is 75.4 Å². The van der Waals surface area contributed by atoms with Crippen LogP contribution in [-0.2, 0) is 18.0 Å². The molecule has 0 N–H and O–H groups in total. The lowest BCUT2D eigenvalue weighted by atomic mass is 10.0. The van der Waals surface area contributed by atoms with Crippen LogP contribution in [0.5, 0.6) is 0 Å². The summed E-state index contributed by atoms with van der Waals surface area (Å²) in [4.78, 5) is 11.7. The molecule has 0 heterocycles. The van der Waals surface area contributed by atoms with Gasteiger partial charge in [-0.15, -0.1) is 0 Å². The minimum atomic E-state index is -10.3. The quantitative estimate of drug-likeness (QED) is 0.194. The van der Waals surface area contributed by atoms with E-state index in [0.717, 1.165) is 0 Å². The SMILES string of the molecule is O=C(OC(C(F)(F)F)(C(F)(F)F)C(F)(F)F)[Si](OC(F)(F)C(F)(F)F)(OC(F)(F)C(F)(F)F)OC(F)(F)C(F)(F)F. The van der Waals surface area contributed by atoms with Crippen molar-refractivity contribution in [2.24, 2.45) is 0 Å². The molecule has 0 atom stereocenters. The molecule has 0 rings (SSSR count). The molecule has 0 aliphatic heterocycles. The molecule has 0 amide bonds. The van der Waals surface area contributed by atoms with Gasteiger partial charge in [0.15, 0.2) is 0 Å². The van der Waals surface area contributed by atoms with Gasteiger partial charge in [0.05, 0.1) is 0 Å². The van der Waals surface area contributed by atoms with Crippen LogP contribution in [0, 0.1) is 0 Å². The molecule has 246 valence electrons. The van der Waals surface area contributed by atoms with Gasteiger partial charge in [-0.1, -0.05) is 0 Å². The maximum absolute atomic E-state index is 13.3. The van der Waals surface area contributed by atoms with Gasteiger partial charge in [-0.25, -0.2) is 4.79 Å². The lowest BCUT2D eigenvalue weighted by Crippen LogP contribution is -2.73. The normalized spacial score (nSPS) is 16.2. The standard InChI is InChI=1S/C11F24O5Si/c12-3(13,14)2(4(15,16)17,5(18,19)20)37-1(36)41(38-9(30,31)6(21,22)23,39-10(32,33)7(24,25)26)40-11(34,35)8(27,28)29. The molecule has 0 aromatic carbocycles. The Bertz CT molecular complexity index is 827. The number of hydrogen-bond donors (Lipinski definition) is 0. The smallest absolute Gasteiger partial charge is 0.430 e. The van der Waals surface area contributed by atoms with Gasteiger partial charge in [0, 0.05) is 0 Å². The first kappa shape index (κ1) is 38.9. The van der Waals surface area contributed by atoms with Crippen LogP contribution in [0.25, 0.3) is 0 Å². The molecular weight excluding hydrogens is 696 g/mol. The Morgan fingerprint density at radius 3 is 0.707 bits per heavy atom. The molecule has 0 unspecified atom stereocenters. The van der Waals surface area contributed by atoms with Crippen LogP contribution in [0.15, 0.2) is 0 Å². The lowest BCUT2D eigenvalue weighted by molar-refractivity contribution is -0.445. The van der Waals surface area contributed by atoms with Crippen molar-refractivity contribution in [3.63, 3.8) is 0 Å². The number of carbonyl (C=O) groups is 1. The fourth-order valence-electron chi connectivity index (χ4n) is 1.72. The van der Waals surface area contributed by atoms with Gasteiger partial charge < -0.3 is 4.74 Å². The van der Waals surface area contributed by atoms with E-state index in [1.165, 1.54) is 0 Å². The zero-order chi connectivity index (χ0) is 33.9. The fourth-order valence-corrected chi connectivity index (χ4v) is 3.74. The third-order valence-electron chi connectivity index (χ3n) is 3.47. The Morgan fingerprint density at radius 2 is 0.561 bits per heavy atom. The molecule has 0 bridgehead atoms. The largest absolute Gasteiger partial charge is 0.635 e. The Labute approximate surface area is 205 Å². The van der Waals surface area contributed by atoms with Crippen LogP contribution in [0.4, 0.5) is 110 Å². The van der Waals surface area contributed by atoms with Crippen LogP contribution in [0.1, 0.15) is 0 Å². The number of hydrogen-bond acceptors (Lipinski definition) is 5. The van der Waals surface area contributed by atoms with Crippen LogP contribution in [0.2, 0.25) is 0 Å². The molecule has 0 aromatic heterocycles. The highest BCUT2D eigenvalue weighted by molar-refractivity contribution is 6.91. The van der Waals surface area contributed by atoms with Crippen molar-refractivity contribution in [2.45, 2.75) is 61.0 Å². The second-order valence-electron chi connectivity index (χ2n) is 6.47. The first-order valence-corrected chi connectivity index (χ1v) is 9.85. The van der Waals surface area contributed by atoms with Gasteiger partial charge in [0.1, 0.15) is 0 Å². The average molecular weight is 696 g/mol. The van der Waals surface area contributed by atoms with Gasteiger partial charge in [-0.3, -0.25) is 13.3 Å². The second-order valence-corrected chi connectivity index (χ2v) is 8.60. The third kappa shape index (κ3) is 7.46. The Hall–Kier alpha value is -2.11. The molecule has 0 radical (unpaired) electrons. The van der Waals surface area contributed by atoms with Gasteiger partial charge in [0.2, 0.25) is 0 Å². The van der Waals surface area contributed by atoms with Crippen molar-refractivity contribution in [3.05, 3.63) is 0 Å². The topological polar surface area (TPSA) is 54.0 Å². The van der Waals surface area contributed by atoms with Crippen molar-refractivity contribution in [2.75, 3.05) is 0 Å². The summed E-state index contributed by atoms with van der Waals surface area (Å²) >= 11 is 0. The fraction of sp³-hybridized carbons (Fsp3) is 0.909. The van der Waals surface area contributed by atoms with Crippen LogP contribution >= 0.6 is 0 Å². The molecule has 0 aliphatic rings. The molecule has 0 spiro atoms. The maximum atomic E-state index is 13.3. The summed E-state index contributed by atoms with van der Waals surface area (Å²) in [5.41, 5.74) is -14.1. The molecule has 30 heteroatoms. The van der Waals surface area contributed by atoms with E-state index < -0.39 is 75.4 Å². The minimum Gasteiger partial charge on any atom is -0.430 e. The predicted molar refractivity (Wildman–Crippen MR) is 69.4 cm³/mol. The molecular formula is C11F24O5Si. The Morgan fingerprint density at radius 1 is 0.366 bits per heavy atom. The second kappa shape index (κ2) is 10.3. The number of ether oxygens (including phenoxy) is 1. The molecule has 41 heavy (non-hydrogen) atoms. The molecule has 5 nitrogen and oxygen atoms in total. The van der Waals surface area contributed by atoms with Crippen molar-refractivity contribution < 1.29 is 128 Å². The first-order valence-electron chi connectivity index (χ1n) is 8.12. The summed E-state index contributed by atoms with van der Waals surface area (Å²) in [7, 11) is -10.3. The highest BCUT2D eigenvalue weighted by atomic mass is 28.4. The highest BCUT2D eigenvalue weighted by Gasteiger charge is 2.89. The zero-order valence-corrected chi connectivity index (χ0v) is 18.1. The summed E-state index contributed by atoms with van der Waals surface area (Å²) < 4.78 is 313. The Balaban J connectivity index is 8.02. The van der Waals surface area contributed by atoms with E-state index in [0.29, 0.717) is 0 Å². The molecule has 0 saturated heterocycles. The van der Waals surface area contributed by atoms with E-state index >= 15 is 0 Å². The zero-order valence-electron chi connectivity index (χ0n) is 17.1. The summed E-state index contributed by atoms with van der Waals surface area (Å²) in [5, 5.41) is 0. The predicted octanol–water partition coefficient (Wildman–Crippen LogP) is 7.58. The van der Waals surface area contributed by atoms with Crippen molar-refractivity contribution in [1.29, 1.82) is 0 Å². The Kier molecular flexibility index (Phi) is 9.73. The number of alkyl halides is 24. The van der Waals surface area contributed by atoms with E-state index in [1.54, 1.807) is 18.0 Å². The molecule has 0 aliphatic carbocycles. The van der Waals surface area contributed by atoms with E-state index in [9.17, 15) is 110 Å². The highest BCUT2D eigenvalue weighted by Crippen LogP contribution is 2.56. The summed E-state index contributed by atoms with van der Waals surface area (Å²) in [6.07, 6.45) is -72.9. The summed E-state index contributed by atoms with van der Waals surface area (Å²) in [6, 6.07) is 0. The number of rotatable bonds is 8. The monoisotopic (exact) mass is 696 g/mol. The maximum Gasteiger partial charge on any atom is 0.635 e. The summed E-state index contributed by atoms with van der Waals surface area (Å²) in [5.74, 6) is 0. The van der Waals surface area contributed by atoms with Crippen LogP contribution in [0.3, 0.4) is 0 Å². The lowest BCUT2D eigenvalue weighted by Gasteiger charge is -2.40. The minimum absolute atomic E-state index is 1.54. The van der Waals surface area contributed by atoms with E-state index in [4.69, 9.17) is 0 Å². The van der Waals surface area contributed by atoms with E-state index in [-0.39, 0.29) is 0 Å². The first-order chi connectivity index (χ1) is 17.2. The molecule has 0 saturated carbocycles. The van der Waals surface area contributed by atoms with Crippen molar-refractivity contribution in [1.82, 2.24) is 0 Å². The molecule has 0 aromatic rings. The van der Waals surface area contributed by atoms with E-state index in [2.05, 4.69) is 0 Å². The summed E-state index contributed by atoms with van der Waals surface area (Å²) in [6.45, 7) is 0. The van der Waals surface area contributed by atoms with Crippen LogP contribution in [-0.4, -0.2) is 75.4 Å². The van der Waals surface area contributed by atoms with Gasteiger partial charge in [0.25, 0.3) is 0 Å². The average Bonchev–Trinajstić information content (AvgIpc) is 2.58. The third-order valence-corrected chi connectivity index (χ3v) is 5.65. The molecule has 0 fully saturated rings.